The zero-order chi connectivity index (χ0) is 14.1. The first-order valence-electron chi connectivity index (χ1n) is 6.07. The molecule has 5 nitrogen and oxygen atoms in total. The van der Waals surface area contributed by atoms with Crippen molar-refractivity contribution in [3.8, 4) is 0 Å². The summed E-state index contributed by atoms with van der Waals surface area (Å²) < 4.78 is 1.80. The molecule has 0 amide bonds. The molecule has 0 saturated carbocycles. The van der Waals surface area contributed by atoms with Gasteiger partial charge in [0.2, 0.25) is 0 Å². The summed E-state index contributed by atoms with van der Waals surface area (Å²) in [4.78, 5) is 21.7. The lowest BCUT2D eigenvalue weighted by Gasteiger charge is -1.96. The first-order chi connectivity index (χ1) is 9.65. The number of imidazole rings is 1. The third-order valence-electron chi connectivity index (χ3n) is 3.01. The number of benzene rings is 1. The summed E-state index contributed by atoms with van der Waals surface area (Å²) in [5.74, 6) is 0.657. The van der Waals surface area contributed by atoms with Crippen molar-refractivity contribution < 1.29 is 0 Å². The number of hydrogen-bond acceptors (Lipinski definition) is 3. The zero-order valence-electron chi connectivity index (χ0n) is 10.8. The highest BCUT2D eigenvalue weighted by atomic mass is 32.1. The molecule has 2 heterocycles. The number of aromatic nitrogens is 4. The minimum absolute atomic E-state index is 0.271. The molecule has 0 unspecified atom stereocenters. The second-order valence-corrected chi connectivity index (χ2v) is 4.79. The third-order valence-corrected chi connectivity index (χ3v) is 3.31. The van der Waals surface area contributed by atoms with Gasteiger partial charge < -0.3 is 4.98 Å². The fourth-order valence-corrected chi connectivity index (χ4v) is 2.17. The number of nitrogens with zero attached hydrogens (tertiary/aromatic N) is 2. The van der Waals surface area contributed by atoms with Crippen LogP contribution in [0, 0.1) is 4.64 Å². The van der Waals surface area contributed by atoms with Gasteiger partial charge in [-0.1, -0.05) is 48.6 Å². The van der Waals surface area contributed by atoms with Crippen molar-refractivity contribution in [3.63, 3.8) is 0 Å². The molecule has 0 aliphatic carbocycles. The van der Waals surface area contributed by atoms with Crippen LogP contribution in [0.1, 0.15) is 11.4 Å². The summed E-state index contributed by atoms with van der Waals surface area (Å²) in [5, 5.41) is 0. The summed E-state index contributed by atoms with van der Waals surface area (Å²) in [6.07, 6.45) is 3.80. The Hall–Kier alpha value is -2.47. The molecule has 0 atom stereocenters. The number of nitrogens with one attached hydrogen (secondary N) is 2. The molecule has 0 aliphatic heterocycles. The standard InChI is InChI=1S/C14H12N4OS/c1-18-12-11(13(20)17-14(18)19)15-10(16-12)8-7-9-5-3-2-4-6-9/h2-8H,1H3,(H,15,16)(H,17,19,20)/b8-7+. The smallest absolute Gasteiger partial charge is 0.327 e. The maximum Gasteiger partial charge on any atom is 0.327 e. The van der Waals surface area contributed by atoms with Gasteiger partial charge in [0.25, 0.3) is 0 Å². The van der Waals surface area contributed by atoms with Crippen LogP contribution in [0.3, 0.4) is 0 Å². The average Bonchev–Trinajstić information content (AvgIpc) is 2.89. The van der Waals surface area contributed by atoms with Gasteiger partial charge in [0.15, 0.2) is 5.65 Å². The van der Waals surface area contributed by atoms with Crippen LogP contribution in [-0.2, 0) is 7.05 Å². The predicted molar refractivity (Wildman–Crippen MR) is 81.9 cm³/mol. The van der Waals surface area contributed by atoms with Crippen molar-refractivity contribution in [2.24, 2.45) is 7.05 Å². The van der Waals surface area contributed by atoms with Gasteiger partial charge in [-0.2, -0.15) is 0 Å². The van der Waals surface area contributed by atoms with Crippen molar-refractivity contribution in [1.29, 1.82) is 0 Å². The normalized spacial score (nSPS) is 11.4. The molecular formula is C14H12N4OS. The van der Waals surface area contributed by atoms with Gasteiger partial charge in [-0.15, -0.1) is 0 Å². The van der Waals surface area contributed by atoms with Gasteiger partial charge in [-0.3, -0.25) is 9.55 Å². The third kappa shape index (κ3) is 2.21. The van der Waals surface area contributed by atoms with E-state index in [9.17, 15) is 4.79 Å². The van der Waals surface area contributed by atoms with E-state index in [1.807, 2.05) is 42.5 Å². The highest BCUT2D eigenvalue weighted by Gasteiger charge is 2.06. The first kappa shape index (κ1) is 12.6. The monoisotopic (exact) mass is 284 g/mol. The minimum Gasteiger partial charge on any atom is -0.335 e. The molecule has 0 spiro atoms. The quantitative estimate of drug-likeness (QED) is 0.710. The van der Waals surface area contributed by atoms with Crippen LogP contribution in [0.2, 0.25) is 0 Å². The van der Waals surface area contributed by atoms with Crippen LogP contribution in [0.4, 0.5) is 0 Å². The largest absolute Gasteiger partial charge is 0.335 e. The second-order valence-electron chi connectivity index (χ2n) is 4.38. The van der Waals surface area contributed by atoms with E-state index in [-0.39, 0.29) is 5.69 Å². The molecule has 100 valence electrons. The number of hydrogen-bond donors (Lipinski definition) is 2. The van der Waals surface area contributed by atoms with Crippen molar-refractivity contribution in [3.05, 3.63) is 56.8 Å². The van der Waals surface area contributed by atoms with E-state index < -0.39 is 0 Å². The minimum atomic E-state index is -0.271. The molecule has 2 N–H and O–H groups in total. The van der Waals surface area contributed by atoms with Gasteiger partial charge in [0.05, 0.1) is 0 Å². The molecular weight excluding hydrogens is 272 g/mol. The summed E-state index contributed by atoms with van der Waals surface area (Å²) in [5.41, 5.74) is 2.01. The molecule has 1 aromatic carbocycles. The van der Waals surface area contributed by atoms with Gasteiger partial charge in [0.1, 0.15) is 16.0 Å². The van der Waals surface area contributed by atoms with Gasteiger partial charge in [0, 0.05) is 7.05 Å². The lowest BCUT2D eigenvalue weighted by atomic mass is 10.2. The second kappa shape index (κ2) is 4.90. The molecule has 6 heteroatoms. The number of aromatic amines is 2. The maximum absolute atomic E-state index is 11.6. The van der Waals surface area contributed by atoms with Crippen LogP contribution in [-0.4, -0.2) is 19.5 Å². The fourth-order valence-electron chi connectivity index (χ4n) is 1.94. The van der Waals surface area contributed by atoms with E-state index in [2.05, 4.69) is 15.0 Å². The molecule has 0 bridgehead atoms. The summed E-state index contributed by atoms with van der Waals surface area (Å²) >= 11 is 5.13. The molecule has 0 fully saturated rings. The van der Waals surface area contributed by atoms with Gasteiger partial charge in [-0.05, 0) is 11.6 Å². The summed E-state index contributed by atoms with van der Waals surface area (Å²) in [6, 6.07) is 9.91. The van der Waals surface area contributed by atoms with Gasteiger partial charge >= 0.3 is 5.69 Å². The lowest BCUT2D eigenvalue weighted by molar-refractivity contribution is 0.838. The topological polar surface area (TPSA) is 66.5 Å². The Morgan fingerprint density at radius 2 is 1.95 bits per heavy atom. The number of rotatable bonds is 2. The fraction of sp³-hybridized carbons (Fsp3) is 0.0714. The summed E-state index contributed by atoms with van der Waals surface area (Å²) in [7, 11) is 1.65. The van der Waals surface area contributed by atoms with Crippen molar-refractivity contribution >= 4 is 35.5 Å². The number of fused-ring (bicyclic) bond motifs is 1. The molecule has 0 radical (unpaired) electrons. The molecule has 0 aliphatic rings. The Morgan fingerprint density at radius 1 is 1.20 bits per heavy atom. The summed E-state index contributed by atoms with van der Waals surface area (Å²) in [6.45, 7) is 0. The Morgan fingerprint density at radius 3 is 2.70 bits per heavy atom. The van der Waals surface area contributed by atoms with Crippen LogP contribution >= 0.6 is 12.2 Å². The first-order valence-corrected chi connectivity index (χ1v) is 6.48. The van der Waals surface area contributed by atoms with Crippen LogP contribution in [0.5, 0.6) is 0 Å². The van der Waals surface area contributed by atoms with Crippen molar-refractivity contribution in [2.75, 3.05) is 0 Å². The molecule has 3 aromatic rings. The number of aryl methyl sites for hydroxylation is 1. The average molecular weight is 284 g/mol. The highest BCUT2D eigenvalue weighted by Crippen LogP contribution is 2.11. The van der Waals surface area contributed by atoms with E-state index in [0.29, 0.717) is 21.6 Å². The van der Waals surface area contributed by atoms with Crippen molar-refractivity contribution in [1.82, 2.24) is 19.5 Å². The Kier molecular flexibility index (Phi) is 3.08. The Labute approximate surface area is 119 Å². The zero-order valence-corrected chi connectivity index (χ0v) is 11.6. The molecule has 20 heavy (non-hydrogen) atoms. The molecule has 3 rings (SSSR count). The maximum atomic E-state index is 11.6. The van der Waals surface area contributed by atoms with E-state index in [0.717, 1.165) is 5.56 Å². The van der Waals surface area contributed by atoms with Crippen molar-refractivity contribution in [2.45, 2.75) is 0 Å². The van der Waals surface area contributed by atoms with E-state index >= 15 is 0 Å². The van der Waals surface area contributed by atoms with Crippen LogP contribution < -0.4 is 5.69 Å². The van der Waals surface area contributed by atoms with Crippen LogP contribution in [0.25, 0.3) is 23.3 Å². The SMILES string of the molecule is Cn1c(=O)[nH]c(=S)c2[nH]c(/C=C/c3ccccc3)nc21. The predicted octanol–water partition coefficient (Wildman–Crippen LogP) is 2.49. The highest BCUT2D eigenvalue weighted by molar-refractivity contribution is 7.71. The Bertz CT molecular complexity index is 902. The number of H-pyrrole nitrogens is 2. The molecule has 2 aromatic heterocycles. The van der Waals surface area contributed by atoms with Crippen LogP contribution in [0.15, 0.2) is 35.1 Å². The van der Waals surface area contributed by atoms with E-state index in [1.165, 1.54) is 4.57 Å². The lowest BCUT2D eigenvalue weighted by Crippen LogP contribution is -2.20. The Balaban J connectivity index is 2.09. The van der Waals surface area contributed by atoms with E-state index in [4.69, 9.17) is 12.2 Å². The van der Waals surface area contributed by atoms with Gasteiger partial charge in [-0.25, -0.2) is 9.78 Å². The molecule has 0 saturated heterocycles. The van der Waals surface area contributed by atoms with E-state index in [1.54, 1.807) is 7.05 Å².